The maximum Gasteiger partial charge on any atom is 0.295 e. The van der Waals surface area contributed by atoms with Crippen LogP contribution in [0, 0.1) is 10.1 Å². The van der Waals surface area contributed by atoms with Gasteiger partial charge in [-0.1, -0.05) is 30.7 Å². The lowest BCUT2D eigenvalue weighted by Crippen LogP contribution is -2.00. The lowest BCUT2D eigenvalue weighted by Gasteiger charge is -2.10. The molecule has 104 valence electrons. The minimum Gasteiger partial charge on any atom is -0.493 e. The Hall–Kier alpha value is -2.14. The van der Waals surface area contributed by atoms with Crippen molar-refractivity contribution in [1.82, 2.24) is 4.98 Å². The number of pyridine rings is 1. The van der Waals surface area contributed by atoms with E-state index in [-0.39, 0.29) is 16.5 Å². The topological polar surface area (TPSA) is 65.3 Å². The molecule has 0 spiro atoms. The molecule has 0 saturated heterocycles. The summed E-state index contributed by atoms with van der Waals surface area (Å²) < 4.78 is 5.61. The van der Waals surface area contributed by atoms with E-state index in [9.17, 15) is 10.1 Å². The van der Waals surface area contributed by atoms with Crippen molar-refractivity contribution in [2.75, 3.05) is 6.61 Å². The quantitative estimate of drug-likeness (QED) is 0.473. The first-order valence-electron chi connectivity index (χ1n) is 6.16. The molecule has 0 aliphatic heterocycles. The summed E-state index contributed by atoms with van der Waals surface area (Å²) >= 11 is 5.85. The summed E-state index contributed by atoms with van der Waals surface area (Å²) in [6.45, 7) is 2.52. The van der Waals surface area contributed by atoms with Gasteiger partial charge in [-0.15, -0.1) is 0 Å². The summed E-state index contributed by atoms with van der Waals surface area (Å²) in [5.41, 5.74) is 0.686. The fourth-order valence-corrected chi connectivity index (χ4v) is 1.92. The van der Waals surface area contributed by atoms with Crippen molar-refractivity contribution < 1.29 is 9.66 Å². The largest absolute Gasteiger partial charge is 0.493 e. The zero-order valence-electron chi connectivity index (χ0n) is 10.9. The lowest BCUT2D eigenvalue weighted by atomic mass is 10.1. The third-order valence-corrected chi connectivity index (χ3v) is 2.85. The summed E-state index contributed by atoms with van der Waals surface area (Å²) in [5.74, 6) is 0.562. The van der Waals surface area contributed by atoms with Gasteiger partial charge in [0.15, 0.2) is 5.69 Å². The van der Waals surface area contributed by atoms with Gasteiger partial charge in [-0.25, -0.2) is 4.98 Å². The highest BCUT2D eigenvalue weighted by molar-refractivity contribution is 6.29. The Morgan fingerprint density at radius 2 is 2.05 bits per heavy atom. The Labute approximate surface area is 121 Å². The van der Waals surface area contributed by atoms with Crippen LogP contribution in [-0.4, -0.2) is 16.5 Å². The molecule has 2 rings (SSSR count). The molecule has 0 saturated carbocycles. The molecule has 5 nitrogen and oxygen atoms in total. The van der Waals surface area contributed by atoms with Crippen molar-refractivity contribution in [3.8, 4) is 17.0 Å². The van der Waals surface area contributed by atoms with Crippen LogP contribution in [0.2, 0.25) is 5.15 Å². The standard InChI is InChI=1S/C14H13ClN2O3/c1-2-9-20-12-6-4-3-5-10(12)14-11(17(18)19)7-8-13(15)16-14/h3-8H,2,9H2,1H3. The Morgan fingerprint density at radius 3 is 2.75 bits per heavy atom. The third-order valence-electron chi connectivity index (χ3n) is 2.64. The number of nitrogens with zero attached hydrogens (tertiary/aromatic N) is 2. The minimum absolute atomic E-state index is 0.0954. The number of nitro groups is 1. The fourth-order valence-electron chi connectivity index (χ4n) is 1.77. The Morgan fingerprint density at radius 1 is 1.30 bits per heavy atom. The number of para-hydroxylation sites is 1. The van der Waals surface area contributed by atoms with Crippen molar-refractivity contribution >= 4 is 17.3 Å². The number of benzene rings is 1. The van der Waals surface area contributed by atoms with Crippen molar-refractivity contribution in [1.29, 1.82) is 0 Å². The van der Waals surface area contributed by atoms with Crippen molar-refractivity contribution in [3.63, 3.8) is 0 Å². The normalized spacial score (nSPS) is 10.3. The number of hydrogen-bond acceptors (Lipinski definition) is 4. The zero-order valence-corrected chi connectivity index (χ0v) is 11.6. The van der Waals surface area contributed by atoms with Gasteiger partial charge in [0.25, 0.3) is 5.69 Å². The average molecular weight is 293 g/mol. The van der Waals surface area contributed by atoms with Crippen LogP contribution in [0.3, 0.4) is 0 Å². The van der Waals surface area contributed by atoms with Gasteiger partial charge < -0.3 is 4.74 Å². The highest BCUT2D eigenvalue weighted by Gasteiger charge is 2.20. The van der Waals surface area contributed by atoms with E-state index >= 15 is 0 Å². The summed E-state index contributed by atoms with van der Waals surface area (Å²) in [5, 5.41) is 11.3. The molecule has 0 aliphatic carbocycles. The molecule has 1 aromatic heterocycles. The minimum atomic E-state index is -0.477. The fraction of sp³-hybridized carbons (Fsp3) is 0.214. The van der Waals surface area contributed by atoms with E-state index in [0.717, 1.165) is 6.42 Å². The van der Waals surface area contributed by atoms with Crippen LogP contribution in [-0.2, 0) is 0 Å². The van der Waals surface area contributed by atoms with Crippen LogP contribution in [0.5, 0.6) is 5.75 Å². The van der Waals surface area contributed by atoms with Crippen LogP contribution in [0.15, 0.2) is 36.4 Å². The molecule has 0 radical (unpaired) electrons. The van der Waals surface area contributed by atoms with E-state index in [1.54, 1.807) is 18.2 Å². The van der Waals surface area contributed by atoms with E-state index in [4.69, 9.17) is 16.3 Å². The molecule has 0 atom stereocenters. The first-order valence-corrected chi connectivity index (χ1v) is 6.54. The van der Waals surface area contributed by atoms with E-state index in [0.29, 0.717) is 17.9 Å². The van der Waals surface area contributed by atoms with Crippen LogP contribution in [0.1, 0.15) is 13.3 Å². The zero-order chi connectivity index (χ0) is 14.5. The van der Waals surface area contributed by atoms with Gasteiger partial charge >= 0.3 is 0 Å². The van der Waals surface area contributed by atoms with Crippen molar-refractivity contribution in [2.24, 2.45) is 0 Å². The van der Waals surface area contributed by atoms with Crippen molar-refractivity contribution in [3.05, 3.63) is 51.7 Å². The smallest absolute Gasteiger partial charge is 0.295 e. The number of rotatable bonds is 5. The SMILES string of the molecule is CCCOc1ccccc1-c1nc(Cl)ccc1[N+](=O)[O-]. The summed E-state index contributed by atoms with van der Waals surface area (Å²) in [4.78, 5) is 14.7. The van der Waals surface area contributed by atoms with Gasteiger partial charge in [0.05, 0.1) is 11.5 Å². The monoisotopic (exact) mass is 292 g/mol. The molecule has 1 heterocycles. The molecule has 0 bridgehead atoms. The third kappa shape index (κ3) is 3.05. The number of aromatic nitrogens is 1. The molecule has 0 unspecified atom stereocenters. The molecule has 0 amide bonds. The lowest BCUT2D eigenvalue weighted by molar-refractivity contribution is -0.384. The molecule has 6 heteroatoms. The number of halogens is 1. The second kappa shape index (κ2) is 6.34. The molecule has 2 aromatic rings. The molecule has 1 aromatic carbocycles. The highest BCUT2D eigenvalue weighted by atomic mass is 35.5. The van der Waals surface area contributed by atoms with Crippen LogP contribution < -0.4 is 4.74 Å². The summed E-state index contributed by atoms with van der Waals surface area (Å²) in [6.07, 6.45) is 0.847. The molecular weight excluding hydrogens is 280 g/mol. The van der Waals surface area contributed by atoms with E-state index in [2.05, 4.69) is 4.98 Å². The summed E-state index contributed by atoms with van der Waals surface area (Å²) in [6, 6.07) is 9.83. The van der Waals surface area contributed by atoms with E-state index in [1.807, 2.05) is 13.0 Å². The first kappa shape index (κ1) is 14.3. The first-order chi connectivity index (χ1) is 9.63. The number of hydrogen-bond donors (Lipinski definition) is 0. The average Bonchev–Trinajstić information content (AvgIpc) is 2.45. The summed E-state index contributed by atoms with van der Waals surface area (Å²) in [7, 11) is 0. The molecular formula is C14H13ClN2O3. The van der Waals surface area contributed by atoms with Crippen LogP contribution >= 0.6 is 11.6 Å². The van der Waals surface area contributed by atoms with E-state index in [1.165, 1.54) is 12.1 Å². The Kier molecular flexibility index (Phi) is 4.53. The predicted molar refractivity (Wildman–Crippen MR) is 77.1 cm³/mol. The van der Waals surface area contributed by atoms with Crippen molar-refractivity contribution in [2.45, 2.75) is 13.3 Å². The van der Waals surface area contributed by atoms with Crippen LogP contribution in [0.25, 0.3) is 11.3 Å². The van der Waals surface area contributed by atoms with E-state index < -0.39 is 4.92 Å². The Bertz CT molecular complexity index is 632. The second-order valence-electron chi connectivity index (χ2n) is 4.10. The number of ether oxygens (including phenoxy) is 1. The maximum absolute atomic E-state index is 11.1. The molecule has 0 N–H and O–H groups in total. The van der Waals surface area contributed by atoms with Gasteiger partial charge in [-0.05, 0) is 24.6 Å². The van der Waals surface area contributed by atoms with Gasteiger partial charge in [0, 0.05) is 11.6 Å². The highest BCUT2D eigenvalue weighted by Crippen LogP contribution is 2.35. The second-order valence-corrected chi connectivity index (χ2v) is 4.49. The van der Waals surface area contributed by atoms with Gasteiger partial charge in [0.1, 0.15) is 10.9 Å². The maximum atomic E-state index is 11.1. The molecule has 0 aliphatic rings. The van der Waals surface area contributed by atoms with Gasteiger partial charge in [-0.3, -0.25) is 10.1 Å². The van der Waals surface area contributed by atoms with Gasteiger partial charge in [-0.2, -0.15) is 0 Å². The molecule has 20 heavy (non-hydrogen) atoms. The van der Waals surface area contributed by atoms with Crippen LogP contribution in [0.4, 0.5) is 5.69 Å². The Balaban J connectivity index is 2.56. The predicted octanol–water partition coefficient (Wildman–Crippen LogP) is 4.10. The van der Waals surface area contributed by atoms with Gasteiger partial charge in [0.2, 0.25) is 0 Å². The molecule has 0 fully saturated rings.